The third-order valence-corrected chi connectivity index (χ3v) is 13.0. The van der Waals surface area contributed by atoms with E-state index in [-0.39, 0.29) is 23.1 Å². The molecule has 0 aromatic heterocycles. The molecule has 8 N–H and O–H groups in total. The quantitative estimate of drug-likeness (QED) is 0.0761. The summed E-state index contributed by atoms with van der Waals surface area (Å²) in [5.74, 6) is -1.71. The van der Waals surface area contributed by atoms with E-state index < -0.39 is 64.2 Å². The van der Waals surface area contributed by atoms with Crippen LogP contribution in [0.2, 0.25) is 0 Å². The van der Waals surface area contributed by atoms with Crippen molar-refractivity contribution in [2.75, 3.05) is 43.2 Å². The molecule has 2 aromatic rings. The molecule has 0 aliphatic carbocycles. The van der Waals surface area contributed by atoms with Crippen molar-refractivity contribution in [2.45, 2.75) is 139 Å². The first kappa shape index (κ1) is 46.3. The van der Waals surface area contributed by atoms with Crippen LogP contribution in [0.3, 0.4) is 0 Å². The lowest BCUT2D eigenvalue weighted by molar-refractivity contribution is -0.148. The van der Waals surface area contributed by atoms with Gasteiger partial charge in [-0.05, 0) is 67.1 Å². The number of fused-ring (bicyclic) bond motifs is 1. The van der Waals surface area contributed by atoms with Crippen LogP contribution in [0.5, 0.6) is 0 Å². The third kappa shape index (κ3) is 12.7. The molecular weight excluding hydrogens is 727 g/mol. The first-order chi connectivity index (χ1) is 26.1. The Bertz CT molecular complexity index is 1620. The fourth-order valence-corrected chi connectivity index (χ4v) is 9.75. The van der Waals surface area contributed by atoms with Crippen molar-refractivity contribution >= 4 is 33.0 Å². The Labute approximate surface area is 327 Å². The Morgan fingerprint density at radius 3 is 2.16 bits per heavy atom. The highest BCUT2D eigenvalue weighted by Crippen LogP contribution is 2.49. The van der Waals surface area contributed by atoms with Crippen molar-refractivity contribution in [2.24, 2.45) is 5.41 Å². The second-order valence-electron chi connectivity index (χ2n) is 15.3. The number of rotatable bonds is 23. The maximum absolute atomic E-state index is 14.0. The number of carbonyl (C=O) groups excluding carboxylic acids is 2. The van der Waals surface area contributed by atoms with Crippen LogP contribution in [0.4, 0.5) is 11.4 Å². The molecule has 0 saturated heterocycles. The molecule has 0 spiro atoms. The lowest BCUT2D eigenvalue weighted by Gasteiger charge is -2.39. The highest BCUT2D eigenvalue weighted by molar-refractivity contribution is 7.91. The summed E-state index contributed by atoms with van der Waals surface area (Å²) < 4.78 is 27.9. The lowest BCUT2D eigenvalue weighted by atomic mass is 9.69. The minimum absolute atomic E-state index is 0.110. The molecular formula is C41H65N3O10S. The van der Waals surface area contributed by atoms with Crippen LogP contribution < -0.4 is 15.5 Å². The lowest BCUT2D eigenvalue weighted by Crippen LogP contribution is -2.51. The second kappa shape index (κ2) is 22.0. The Hall–Kier alpha value is -3.11. The van der Waals surface area contributed by atoms with Gasteiger partial charge in [0.2, 0.25) is 5.91 Å². The minimum Gasteiger partial charge on any atom is -0.394 e. The van der Waals surface area contributed by atoms with Gasteiger partial charge in [-0.15, -0.1) is 0 Å². The second-order valence-corrected chi connectivity index (χ2v) is 17.3. The number of nitrogens with one attached hydrogen (secondary N) is 2. The van der Waals surface area contributed by atoms with Crippen molar-refractivity contribution < 1.29 is 48.6 Å². The molecule has 0 unspecified atom stereocenters. The van der Waals surface area contributed by atoms with E-state index in [4.69, 9.17) is 5.11 Å². The van der Waals surface area contributed by atoms with Crippen molar-refractivity contribution in [3.05, 3.63) is 53.6 Å². The van der Waals surface area contributed by atoms with E-state index in [1.165, 1.54) is 0 Å². The number of carbonyl (C=O) groups is 2. The summed E-state index contributed by atoms with van der Waals surface area (Å²) >= 11 is 0. The fraction of sp³-hybridized carbons (Fsp3) is 0.659. The SMILES string of the molecule is CCCC[C@@]1(CC)CS(=O)(=O)c2ccc(N(C)C)cc2[C@@H](c2cccc(NC(=O)CCCCCCCCCCNC(=O)[C@H](O)[C@@H](O)[C@H](O)[C@H](O)CO)c2)[C@H]1O. The highest BCUT2D eigenvalue weighted by atomic mass is 32.2. The van der Waals surface area contributed by atoms with Crippen LogP contribution in [-0.4, -0.2) is 114 Å². The summed E-state index contributed by atoms with van der Waals surface area (Å²) in [6, 6.07) is 12.8. The molecule has 7 atom stereocenters. The van der Waals surface area contributed by atoms with Crippen molar-refractivity contribution in [1.29, 1.82) is 0 Å². The van der Waals surface area contributed by atoms with Gasteiger partial charge >= 0.3 is 0 Å². The minimum atomic E-state index is -3.71. The van der Waals surface area contributed by atoms with Crippen molar-refractivity contribution in [3.8, 4) is 0 Å². The van der Waals surface area contributed by atoms with Crippen molar-refractivity contribution in [3.63, 3.8) is 0 Å². The molecule has 310 valence electrons. The molecule has 55 heavy (non-hydrogen) atoms. The molecule has 14 heteroatoms. The zero-order chi connectivity index (χ0) is 40.8. The number of anilines is 2. The molecule has 1 heterocycles. The number of aliphatic hydroxyl groups is 6. The van der Waals surface area contributed by atoms with Gasteiger partial charge in [0, 0.05) is 49.8 Å². The van der Waals surface area contributed by atoms with Gasteiger partial charge < -0.3 is 46.2 Å². The van der Waals surface area contributed by atoms with E-state index in [2.05, 4.69) is 17.6 Å². The number of aliphatic hydroxyl groups excluding tert-OH is 6. The number of unbranched alkanes of at least 4 members (excludes halogenated alkanes) is 8. The number of hydrogen-bond acceptors (Lipinski definition) is 11. The van der Waals surface area contributed by atoms with Crippen LogP contribution in [0.15, 0.2) is 47.4 Å². The average Bonchev–Trinajstić information content (AvgIpc) is 3.24. The van der Waals surface area contributed by atoms with Gasteiger partial charge in [0.25, 0.3) is 5.91 Å². The zero-order valence-corrected chi connectivity index (χ0v) is 33.8. The smallest absolute Gasteiger partial charge is 0.251 e. The standard InChI is InChI=1S/C41H65N3O10S/c1-5-7-22-41(6-2)27-55(53,54)33-21-20-30(44(3)4)25-31(33)35(39(41)51)28-17-16-18-29(24-28)43-34(47)19-14-12-10-8-9-11-13-15-23-42-40(52)38(50)37(49)36(48)32(46)26-45/h16-18,20-21,24-25,32,35-39,45-46,48-51H,5-15,19,22-23,26-27H2,1-4H3,(H,42,52)(H,43,47)/t32-,35-,36-,37+,38-,39-,41+/m1/s1. The van der Waals surface area contributed by atoms with Gasteiger partial charge in [-0.1, -0.05) is 77.3 Å². The topological polar surface area (TPSA) is 217 Å². The summed E-state index contributed by atoms with van der Waals surface area (Å²) in [5.41, 5.74) is 1.94. The maximum atomic E-state index is 14.0. The Morgan fingerprint density at radius 2 is 1.55 bits per heavy atom. The Morgan fingerprint density at radius 1 is 0.891 bits per heavy atom. The molecule has 13 nitrogen and oxygen atoms in total. The third-order valence-electron chi connectivity index (χ3n) is 11.0. The summed E-state index contributed by atoms with van der Waals surface area (Å²) in [6.45, 7) is 3.49. The number of amides is 2. The zero-order valence-electron chi connectivity index (χ0n) is 33.0. The fourth-order valence-electron chi connectivity index (χ4n) is 7.50. The van der Waals surface area contributed by atoms with Crippen LogP contribution in [0, 0.1) is 5.41 Å². The largest absolute Gasteiger partial charge is 0.394 e. The molecule has 3 rings (SSSR count). The number of sulfone groups is 1. The highest BCUT2D eigenvalue weighted by Gasteiger charge is 2.49. The van der Waals surface area contributed by atoms with Crippen molar-refractivity contribution in [1.82, 2.24) is 5.32 Å². The predicted octanol–water partition coefficient (Wildman–Crippen LogP) is 3.62. The first-order valence-electron chi connectivity index (χ1n) is 19.8. The normalized spacial score (nSPS) is 21.4. The molecule has 0 bridgehead atoms. The van der Waals surface area contributed by atoms with Gasteiger partial charge in [-0.25, -0.2) is 8.42 Å². The van der Waals surface area contributed by atoms with E-state index in [1.54, 1.807) is 12.1 Å². The van der Waals surface area contributed by atoms with Crippen LogP contribution in [0.1, 0.15) is 114 Å². The molecule has 0 radical (unpaired) electrons. The van der Waals surface area contributed by atoms with E-state index >= 15 is 0 Å². The van der Waals surface area contributed by atoms with Gasteiger partial charge in [-0.3, -0.25) is 9.59 Å². The number of benzene rings is 2. The molecule has 0 saturated carbocycles. The van der Waals surface area contributed by atoms with Crippen LogP contribution >= 0.6 is 0 Å². The van der Waals surface area contributed by atoms with Gasteiger partial charge in [0.1, 0.15) is 18.3 Å². The molecule has 2 amide bonds. The summed E-state index contributed by atoms with van der Waals surface area (Å²) in [5, 5.41) is 65.3. The van der Waals surface area contributed by atoms with E-state index in [0.29, 0.717) is 36.9 Å². The van der Waals surface area contributed by atoms with E-state index in [9.17, 15) is 43.5 Å². The molecule has 1 aliphatic heterocycles. The maximum Gasteiger partial charge on any atom is 0.251 e. The predicted molar refractivity (Wildman–Crippen MR) is 214 cm³/mol. The van der Waals surface area contributed by atoms with Crippen LogP contribution in [-0.2, 0) is 19.4 Å². The number of hydrogen-bond donors (Lipinski definition) is 8. The van der Waals surface area contributed by atoms with E-state index in [1.807, 2.05) is 56.3 Å². The molecule has 0 fully saturated rings. The van der Waals surface area contributed by atoms with Gasteiger partial charge in [-0.2, -0.15) is 0 Å². The molecule has 2 aromatic carbocycles. The average molecular weight is 792 g/mol. The number of nitrogens with zero attached hydrogens (tertiary/aromatic N) is 1. The summed E-state index contributed by atoms with van der Waals surface area (Å²) in [4.78, 5) is 27.2. The Balaban J connectivity index is 1.51. The van der Waals surface area contributed by atoms with Gasteiger partial charge in [0.15, 0.2) is 15.9 Å². The molecule has 1 aliphatic rings. The Kier molecular flexibility index (Phi) is 18.5. The van der Waals surface area contributed by atoms with Gasteiger partial charge in [0.05, 0.1) is 23.4 Å². The summed E-state index contributed by atoms with van der Waals surface area (Å²) in [7, 11) is 0.0905. The summed E-state index contributed by atoms with van der Waals surface area (Å²) in [6.07, 6.45) is 1.85. The van der Waals surface area contributed by atoms with Crippen LogP contribution in [0.25, 0.3) is 0 Å². The van der Waals surface area contributed by atoms with E-state index in [0.717, 1.165) is 69.0 Å². The first-order valence-corrected chi connectivity index (χ1v) is 21.5. The monoisotopic (exact) mass is 791 g/mol.